The van der Waals surface area contributed by atoms with Gasteiger partial charge in [-0.2, -0.15) is 4.39 Å². The standard InChI is InChI=1S/C15H21N3O4.C9H18N2O2.C6H4FNO2/c1-15(2,3)22-14(19)17-10-8-16(9-11-17)12-6-4-5-7-13(12)18(20)21;1-9(2,3)13-8(12)11-6-4-10-5-7-11;7-5-3-1-2-4-6(5)8(9)10/h4-7H,8-11H2,1-3H3;10H,4-7H2,1-3H3;1-4H. The summed E-state index contributed by atoms with van der Waals surface area (Å²) in [4.78, 5) is 48.7. The van der Waals surface area contributed by atoms with Gasteiger partial charge in [0.1, 0.15) is 16.9 Å². The number of anilines is 1. The number of rotatable bonds is 3. The summed E-state index contributed by atoms with van der Waals surface area (Å²) in [6.45, 7) is 16.4. The third kappa shape index (κ3) is 12.9. The van der Waals surface area contributed by atoms with E-state index in [9.17, 15) is 34.2 Å². The summed E-state index contributed by atoms with van der Waals surface area (Å²) in [5.74, 6) is -0.799. The molecule has 2 saturated heterocycles. The zero-order chi connectivity index (χ0) is 33.8. The average Bonchev–Trinajstić information content (AvgIpc) is 2.97. The van der Waals surface area contributed by atoms with E-state index < -0.39 is 22.0 Å². The highest BCUT2D eigenvalue weighted by molar-refractivity contribution is 5.69. The quantitative estimate of drug-likeness (QED) is 0.350. The van der Waals surface area contributed by atoms with Gasteiger partial charge in [0.25, 0.3) is 5.69 Å². The summed E-state index contributed by atoms with van der Waals surface area (Å²) >= 11 is 0. The van der Waals surface area contributed by atoms with Crippen molar-refractivity contribution >= 4 is 29.2 Å². The van der Waals surface area contributed by atoms with Crippen LogP contribution in [-0.4, -0.2) is 95.4 Å². The molecule has 2 fully saturated rings. The van der Waals surface area contributed by atoms with Gasteiger partial charge in [0.05, 0.1) is 9.85 Å². The van der Waals surface area contributed by atoms with Crippen LogP contribution in [0.4, 0.5) is 31.0 Å². The molecule has 15 heteroatoms. The number of ether oxygens (including phenoxy) is 2. The molecule has 2 aliphatic rings. The minimum absolute atomic E-state index is 0.0909. The van der Waals surface area contributed by atoms with E-state index in [0.29, 0.717) is 31.9 Å². The number of benzene rings is 2. The van der Waals surface area contributed by atoms with Crippen LogP contribution in [0.3, 0.4) is 0 Å². The van der Waals surface area contributed by atoms with Crippen LogP contribution >= 0.6 is 0 Å². The first kappa shape index (κ1) is 36.7. The van der Waals surface area contributed by atoms with Crippen LogP contribution in [0.25, 0.3) is 0 Å². The molecular weight excluding hydrogens is 591 g/mol. The molecule has 0 unspecified atom stereocenters. The molecule has 0 saturated carbocycles. The van der Waals surface area contributed by atoms with Crippen LogP contribution in [-0.2, 0) is 9.47 Å². The van der Waals surface area contributed by atoms with Crippen molar-refractivity contribution in [2.45, 2.75) is 52.7 Å². The molecule has 14 nitrogen and oxygen atoms in total. The maximum absolute atomic E-state index is 12.4. The Morgan fingerprint density at radius 1 is 0.711 bits per heavy atom. The number of nitrogens with zero attached hydrogens (tertiary/aromatic N) is 5. The van der Waals surface area contributed by atoms with Crippen LogP contribution in [0.2, 0.25) is 0 Å². The van der Waals surface area contributed by atoms with E-state index in [1.54, 1.807) is 28.0 Å². The van der Waals surface area contributed by atoms with Gasteiger partial charge in [0.15, 0.2) is 0 Å². The van der Waals surface area contributed by atoms with Crippen LogP contribution in [0.1, 0.15) is 41.5 Å². The third-order valence-corrected chi connectivity index (χ3v) is 6.17. The van der Waals surface area contributed by atoms with Crippen molar-refractivity contribution in [3.8, 4) is 0 Å². The first-order valence-corrected chi connectivity index (χ1v) is 14.5. The predicted octanol–water partition coefficient (Wildman–Crippen LogP) is 5.21. The Bertz CT molecular complexity index is 1300. The Kier molecular flexibility index (Phi) is 13.5. The van der Waals surface area contributed by atoms with Crippen molar-refractivity contribution < 1.29 is 33.3 Å². The Morgan fingerprint density at radius 2 is 1.13 bits per heavy atom. The van der Waals surface area contributed by atoms with Gasteiger partial charge < -0.3 is 29.5 Å². The zero-order valence-electron chi connectivity index (χ0n) is 26.7. The molecule has 1 N–H and O–H groups in total. The smallest absolute Gasteiger partial charge is 0.410 e. The lowest BCUT2D eigenvalue weighted by atomic mass is 10.2. The second-order valence-corrected chi connectivity index (χ2v) is 12.1. The molecule has 0 atom stereocenters. The SMILES string of the molecule is CC(C)(C)OC(=O)N1CCN(c2ccccc2[N+](=O)[O-])CC1.CC(C)(C)OC(=O)N1CCNCC1.O=[N+]([O-])c1ccccc1F. The largest absolute Gasteiger partial charge is 0.444 e. The lowest BCUT2D eigenvalue weighted by Gasteiger charge is -2.36. The predicted molar refractivity (Wildman–Crippen MR) is 167 cm³/mol. The lowest BCUT2D eigenvalue weighted by Crippen LogP contribution is -2.50. The molecule has 2 amide bonds. The molecule has 2 aliphatic heterocycles. The molecule has 2 aromatic rings. The van der Waals surface area contributed by atoms with Crippen LogP contribution in [0.5, 0.6) is 0 Å². The molecule has 0 radical (unpaired) electrons. The van der Waals surface area contributed by atoms with Crippen molar-refractivity contribution in [1.29, 1.82) is 0 Å². The maximum atomic E-state index is 12.4. The Morgan fingerprint density at radius 3 is 1.56 bits per heavy atom. The number of halogens is 1. The molecule has 0 aromatic heterocycles. The summed E-state index contributed by atoms with van der Waals surface area (Å²) in [5, 5.41) is 24.3. The van der Waals surface area contributed by atoms with Crippen molar-refractivity contribution in [2.24, 2.45) is 0 Å². The van der Waals surface area contributed by atoms with Crippen LogP contribution in [0.15, 0.2) is 48.5 Å². The first-order valence-electron chi connectivity index (χ1n) is 14.5. The number of piperazine rings is 2. The molecule has 2 heterocycles. The zero-order valence-corrected chi connectivity index (χ0v) is 26.7. The topological polar surface area (TPSA) is 161 Å². The number of nitro benzene ring substituents is 2. The summed E-state index contributed by atoms with van der Waals surface area (Å²) in [7, 11) is 0. The van der Waals surface area contributed by atoms with E-state index in [1.807, 2.05) is 46.4 Å². The van der Waals surface area contributed by atoms with E-state index in [2.05, 4.69) is 5.32 Å². The fourth-order valence-corrected chi connectivity index (χ4v) is 4.12. The highest BCUT2D eigenvalue weighted by Crippen LogP contribution is 2.28. The number of nitro groups is 2. The minimum Gasteiger partial charge on any atom is -0.444 e. The van der Waals surface area contributed by atoms with E-state index in [0.717, 1.165) is 38.3 Å². The second-order valence-electron chi connectivity index (χ2n) is 12.1. The first-order chi connectivity index (χ1) is 21.0. The number of hydrogen-bond donors (Lipinski definition) is 1. The van der Waals surface area contributed by atoms with Crippen LogP contribution in [0, 0.1) is 26.0 Å². The van der Waals surface area contributed by atoms with E-state index in [4.69, 9.17) is 9.47 Å². The molecular formula is C30H43FN6O8. The molecule has 248 valence electrons. The molecule has 0 spiro atoms. The highest BCUT2D eigenvalue weighted by atomic mass is 19.1. The van der Waals surface area contributed by atoms with Gasteiger partial charge in [-0.15, -0.1) is 0 Å². The van der Waals surface area contributed by atoms with Crippen LogP contribution < -0.4 is 10.2 Å². The number of hydrogen-bond acceptors (Lipinski definition) is 10. The second kappa shape index (κ2) is 16.5. The maximum Gasteiger partial charge on any atom is 0.410 e. The number of nitrogens with one attached hydrogen (secondary N) is 1. The van der Waals surface area contributed by atoms with Gasteiger partial charge in [-0.3, -0.25) is 20.2 Å². The molecule has 2 aromatic carbocycles. The van der Waals surface area contributed by atoms with Crippen molar-refractivity contribution in [2.75, 3.05) is 57.3 Å². The molecule has 4 rings (SSSR count). The summed E-state index contributed by atoms with van der Waals surface area (Å²) < 4.78 is 23.0. The van der Waals surface area contributed by atoms with E-state index in [1.165, 1.54) is 18.2 Å². The summed E-state index contributed by atoms with van der Waals surface area (Å²) in [6.07, 6.45) is -0.538. The van der Waals surface area contributed by atoms with Crippen molar-refractivity contribution in [3.63, 3.8) is 0 Å². The van der Waals surface area contributed by atoms with Crippen molar-refractivity contribution in [1.82, 2.24) is 15.1 Å². The normalized spacial score (nSPS) is 15.0. The summed E-state index contributed by atoms with van der Waals surface area (Å²) in [6, 6.07) is 11.7. The monoisotopic (exact) mass is 634 g/mol. The average molecular weight is 635 g/mol. The molecule has 0 bridgehead atoms. The Hall–Kier alpha value is -4.53. The Balaban J connectivity index is 0.000000259. The lowest BCUT2D eigenvalue weighted by molar-refractivity contribution is -0.387. The van der Waals surface area contributed by atoms with E-state index >= 15 is 0 Å². The van der Waals surface area contributed by atoms with Crippen molar-refractivity contribution in [3.05, 3.63) is 74.6 Å². The van der Waals surface area contributed by atoms with Gasteiger partial charge in [-0.25, -0.2) is 9.59 Å². The third-order valence-electron chi connectivity index (χ3n) is 6.17. The minimum atomic E-state index is -0.799. The highest BCUT2D eigenvalue weighted by Gasteiger charge is 2.28. The Labute approximate surface area is 262 Å². The molecule has 45 heavy (non-hydrogen) atoms. The number of carbonyl (C=O) groups is 2. The molecule has 0 aliphatic carbocycles. The van der Waals surface area contributed by atoms with Gasteiger partial charge in [0, 0.05) is 64.5 Å². The van der Waals surface area contributed by atoms with Gasteiger partial charge in [-0.05, 0) is 53.7 Å². The van der Waals surface area contributed by atoms with Gasteiger partial charge >= 0.3 is 17.9 Å². The number of para-hydroxylation sites is 3. The fraction of sp³-hybridized carbons (Fsp3) is 0.533. The van der Waals surface area contributed by atoms with E-state index in [-0.39, 0.29) is 28.4 Å². The summed E-state index contributed by atoms with van der Waals surface area (Å²) in [5.41, 5.74) is -0.707. The van der Waals surface area contributed by atoms with Gasteiger partial charge in [0.2, 0.25) is 5.82 Å². The number of carbonyl (C=O) groups excluding carboxylic acids is 2. The van der Waals surface area contributed by atoms with Gasteiger partial charge in [-0.1, -0.05) is 24.3 Å². The number of amides is 2. The fourth-order valence-electron chi connectivity index (χ4n) is 4.12.